The molecule has 0 aliphatic rings. The molecule has 0 saturated heterocycles. The lowest BCUT2D eigenvalue weighted by atomic mass is 10.2. The maximum Gasteiger partial charge on any atom is 0.250 e. The molecule has 2 heterocycles. The topological polar surface area (TPSA) is 50.7 Å². The predicted molar refractivity (Wildman–Crippen MR) is 66.7 cm³/mol. The van der Waals surface area contributed by atoms with Gasteiger partial charge in [0.15, 0.2) is 5.82 Å². The molecule has 0 spiro atoms. The molecule has 19 heavy (non-hydrogen) atoms. The Morgan fingerprint density at radius 3 is 2.79 bits per heavy atom. The van der Waals surface area contributed by atoms with Crippen LogP contribution in [0, 0.1) is 11.6 Å². The highest BCUT2D eigenvalue weighted by Crippen LogP contribution is 2.22. The van der Waals surface area contributed by atoms with Crippen molar-refractivity contribution in [3.05, 3.63) is 52.5 Å². The summed E-state index contributed by atoms with van der Waals surface area (Å²) < 4.78 is 28.0. The van der Waals surface area contributed by atoms with Gasteiger partial charge in [0.1, 0.15) is 17.2 Å². The van der Waals surface area contributed by atoms with Gasteiger partial charge in [0.25, 0.3) is 5.56 Å². The van der Waals surface area contributed by atoms with Crippen molar-refractivity contribution in [3.63, 3.8) is 0 Å². The van der Waals surface area contributed by atoms with Crippen LogP contribution in [0.15, 0.2) is 35.3 Å². The maximum atomic E-state index is 13.5. The van der Waals surface area contributed by atoms with Gasteiger partial charge in [-0.1, -0.05) is 0 Å². The Morgan fingerprint density at radius 1 is 1.26 bits per heavy atom. The van der Waals surface area contributed by atoms with Crippen LogP contribution >= 0.6 is 0 Å². The van der Waals surface area contributed by atoms with Crippen molar-refractivity contribution < 1.29 is 8.78 Å². The van der Waals surface area contributed by atoms with Gasteiger partial charge in [-0.3, -0.25) is 4.79 Å². The number of aromatic nitrogens is 3. The van der Waals surface area contributed by atoms with Gasteiger partial charge in [-0.2, -0.15) is 0 Å². The van der Waals surface area contributed by atoms with Crippen molar-refractivity contribution in [2.45, 2.75) is 0 Å². The Bertz CT molecular complexity index is 836. The first-order chi connectivity index (χ1) is 9.04. The fraction of sp³-hybridized carbons (Fsp3) is 0.0769. The van der Waals surface area contributed by atoms with E-state index in [4.69, 9.17) is 0 Å². The number of benzene rings is 1. The molecule has 6 heteroatoms. The molecule has 3 aromatic rings. The lowest BCUT2D eigenvalue weighted by Crippen LogP contribution is -2.14. The van der Waals surface area contributed by atoms with Gasteiger partial charge in [0.2, 0.25) is 0 Å². The first-order valence-corrected chi connectivity index (χ1v) is 5.56. The highest BCUT2D eigenvalue weighted by molar-refractivity contribution is 5.79. The predicted octanol–water partition coefficient (Wildman–Crippen LogP) is 2.21. The summed E-state index contributed by atoms with van der Waals surface area (Å²) >= 11 is 0. The average Bonchev–Trinajstić information content (AvgIpc) is 2.76. The molecule has 0 atom stereocenters. The smallest absolute Gasteiger partial charge is 0.250 e. The van der Waals surface area contributed by atoms with E-state index in [9.17, 15) is 13.6 Å². The van der Waals surface area contributed by atoms with E-state index in [1.165, 1.54) is 10.6 Å². The van der Waals surface area contributed by atoms with Gasteiger partial charge < -0.3 is 9.55 Å². The van der Waals surface area contributed by atoms with Crippen LogP contribution in [0.4, 0.5) is 8.78 Å². The third-order valence-corrected chi connectivity index (χ3v) is 2.88. The maximum absolute atomic E-state index is 13.5. The van der Waals surface area contributed by atoms with Crippen LogP contribution in [0.3, 0.4) is 0 Å². The molecular formula is C13H9F2N3O. The van der Waals surface area contributed by atoms with Gasteiger partial charge in [-0.25, -0.2) is 13.8 Å². The minimum Gasteiger partial charge on any atom is -0.338 e. The number of pyridine rings is 1. The van der Waals surface area contributed by atoms with Crippen LogP contribution in [-0.2, 0) is 7.05 Å². The molecule has 2 aromatic heterocycles. The Hall–Kier alpha value is -2.50. The molecule has 0 radical (unpaired) electrons. The number of rotatable bonds is 1. The number of nitrogens with zero attached hydrogens (tertiary/aromatic N) is 2. The number of fused-ring (bicyclic) bond motifs is 1. The SMILES string of the molecule is Cn1ccc(-c2nc3c(F)cc(F)cc3[nH]2)cc1=O. The van der Waals surface area contributed by atoms with Crippen molar-refractivity contribution in [1.82, 2.24) is 14.5 Å². The summed E-state index contributed by atoms with van der Waals surface area (Å²) in [7, 11) is 1.62. The van der Waals surface area contributed by atoms with E-state index in [-0.39, 0.29) is 16.6 Å². The Kier molecular flexibility index (Phi) is 2.45. The molecule has 0 saturated carbocycles. The summed E-state index contributed by atoms with van der Waals surface area (Å²) in [6.45, 7) is 0. The van der Waals surface area contributed by atoms with Gasteiger partial charge in [0.05, 0.1) is 5.52 Å². The standard InChI is InChI=1S/C13H9F2N3O/c1-18-3-2-7(4-11(18)19)13-16-10-6-8(14)5-9(15)12(10)17-13/h2-6H,1H3,(H,16,17). The van der Waals surface area contributed by atoms with Gasteiger partial charge in [0, 0.05) is 30.9 Å². The first kappa shape index (κ1) is 11.6. The van der Waals surface area contributed by atoms with Crippen molar-refractivity contribution in [2.75, 3.05) is 0 Å². The highest BCUT2D eigenvalue weighted by atomic mass is 19.1. The molecule has 96 valence electrons. The molecule has 3 rings (SSSR count). The third-order valence-electron chi connectivity index (χ3n) is 2.88. The Balaban J connectivity index is 2.23. The Morgan fingerprint density at radius 2 is 2.05 bits per heavy atom. The van der Waals surface area contributed by atoms with E-state index in [1.807, 2.05) is 0 Å². The number of imidazole rings is 1. The summed E-state index contributed by atoms with van der Waals surface area (Å²) in [5, 5.41) is 0. The molecule has 1 aromatic carbocycles. The number of halogens is 2. The number of hydrogen-bond donors (Lipinski definition) is 1. The fourth-order valence-corrected chi connectivity index (χ4v) is 1.87. The molecule has 0 aliphatic carbocycles. The molecule has 0 amide bonds. The van der Waals surface area contributed by atoms with Crippen LogP contribution in [-0.4, -0.2) is 14.5 Å². The number of aromatic amines is 1. The minimum atomic E-state index is -0.735. The summed E-state index contributed by atoms with van der Waals surface area (Å²) in [4.78, 5) is 18.4. The minimum absolute atomic E-state index is 0.0528. The quantitative estimate of drug-likeness (QED) is 0.730. The lowest BCUT2D eigenvalue weighted by Gasteiger charge is -1.98. The number of aryl methyl sites for hydroxylation is 1. The second kappa shape index (κ2) is 4.01. The summed E-state index contributed by atoms with van der Waals surface area (Å²) in [6, 6.07) is 4.99. The third kappa shape index (κ3) is 1.91. The second-order valence-electron chi connectivity index (χ2n) is 4.23. The number of nitrogens with one attached hydrogen (secondary N) is 1. The fourth-order valence-electron chi connectivity index (χ4n) is 1.87. The van der Waals surface area contributed by atoms with Crippen molar-refractivity contribution in [2.24, 2.45) is 7.05 Å². The van der Waals surface area contributed by atoms with E-state index in [0.717, 1.165) is 12.1 Å². The van der Waals surface area contributed by atoms with Gasteiger partial charge in [-0.15, -0.1) is 0 Å². The monoisotopic (exact) mass is 261 g/mol. The van der Waals surface area contributed by atoms with Gasteiger partial charge in [-0.05, 0) is 12.1 Å². The van der Waals surface area contributed by atoms with Gasteiger partial charge >= 0.3 is 0 Å². The number of hydrogen-bond acceptors (Lipinski definition) is 2. The van der Waals surface area contributed by atoms with E-state index in [1.54, 1.807) is 19.3 Å². The Labute approximate surface area is 106 Å². The molecule has 1 N–H and O–H groups in total. The summed E-state index contributed by atoms with van der Waals surface area (Å²) in [5.74, 6) is -1.08. The van der Waals surface area contributed by atoms with Crippen molar-refractivity contribution in [1.29, 1.82) is 0 Å². The van der Waals surface area contributed by atoms with Crippen LogP contribution < -0.4 is 5.56 Å². The van der Waals surface area contributed by atoms with E-state index in [0.29, 0.717) is 11.4 Å². The second-order valence-corrected chi connectivity index (χ2v) is 4.23. The van der Waals surface area contributed by atoms with Crippen molar-refractivity contribution in [3.8, 4) is 11.4 Å². The average molecular weight is 261 g/mol. The zero-order chi connectivity index (χ0) is 13.6. The molecule has 0 bridgehead atoms. The van der Waals surface area contributed by atoms with Crippen molar-refractivity contribution >= 4 is 11.0 Å². The summed E-state index contributed by atoms with van der Waals surface area (Å²) in [5.41, 5.74) is 0.633. The van der Waals surface area contributed by atoms with Crippen LogP contribution in [0.5, 0.6) is 0 Å². The van der Waals surface area contributed by atoms with E-state index in [2.05, 4.69) is 9.97 Å². The largest absolute Gasteiger partial charge is 0.338 e. The zero-order valence-corrected chi connectivity index (χ0v) is 9.95. The summed E-state index contributed by atoms with van der Waals surface area (Å²) in [6.07, 6.45) is 1.59. The first-order valence-electron chi connectivity index (χ1n) is 5.56. The zero-order valence-electron chi connectivity index (χ0n) is 9.95. The molecule has 0 unspecified atom stereocenters. The van der Waals surface area contributed by atoms with Crippen LogP contribution in [0.25, 0.3) is 22.4 Å². The molecule has 4 nitrogen and oxygen atoms in total. The highest BCUT2D eigenvalue weighted by Gasteiger charge is 2.11. The molecule has 0 fully saturated rings. The van der Waals surface area contributed by atoms with E-state index < -0.39 is 11.6 Å². The molecular weight excluding hydrogens is 252 g/mol. The molecule has 0 aliphatic heterocycles. The van der Waals surface area contributed by atoms with Crippen LogP contribution in [0.2, 0.25) is 0 Å². The lowest BCUT2D eigenvalue weighted by molar-refractivity contribution is 0.591. The normalized spacial score (nSPS) is 11.1. The van der Waals surface area contributed by atoms with E-state index >= 15 is 0 Å². The number of H-pyrrole nitrogens is 1. The van der Waals surface area contributed by atoms with Crippen LogP contribution in [0.1, 0.15) is 0 Å².